The summed E-state index contributed by atoms with van der Waals surface area (Å²) in [5, 5.41) is 12.8. The smallest absolute Gasteiger partial charge is 0.227 e. The molecule has 0 bridgehead atoms. The van der Waals surface area contributed by atoms with Crippen LogP contribution in [-0.2, 0) is 6.42 Å². The largest absolute Gasteiger partial charge is 0.506 e. The van der Waals surface area contributed by atoms with Gasteiger partial charge in [-0.2, -0.15) is 0 Å². The molecule has 6 rings (SSSR count). The predicted octanol–water partition coefficient (Wildman–Crippen LogP) is 8.46. The Morgan fingerprint density at radius 1 is 0.833 bits per heavy atom. The summed E-state index contributed by atoms with van der Waals surface area (Å²) in [4.78, 5) is 9.37. The summed E-state index contributed by atoms with van der Waals surface area (Å²) in [6, 6.07) is 34.1. The zero-order valence-corrected chi connectivity index (χ0v) is 20.8. The van der Waals surface area contributed by atoms with Crippen LogP contribution in [0.25, 0.3) is 33.3 Å². The number of oxazole rings is 1. The van der Waals surface area contributed by atoms with E-state index in [1.807, 2.05) is 72.8 Å². The third-order valence-electron chi connectivity index (χ3n) is 6.15. The molecule has 0 fully saturated rings. The molecule has 0 spiro atoms. The predicted molar refractivity (Wildman–Crippen MR) is 149 cm³/mol. The van der Waals surface area contributed by atoms with E-state index < -0.39 is 0 Å². The van der Waals surface area contributed by atoms with Gasteiger partial charge in [-0.05, 0) is 80.6 Å². The molecule has 0 saturated carbocycles. The third kappa shape index (κ3) is 4.41. The first-order valence-electron chi connectivity index (χ1n) is 11.6. The van der Waals surface area contributed by atoms with Crippen LogP contribution in [0, 0.1) is 0 Å². The Morgan fingerprint density at radius 2 is 1.64 bits per heavy atom. The molecule has 0 radical (unpaired) electrons. The molecular weight excluding hydrogens is 512 g/mol. The van der Waals surface area contributed by atoms with Crippen molar-refractivity contribution >= 4 is 49.7 Å². The van der Waals surface area contributed by atoms with E-state index in [1.54, 1.807) is 6.21 Å². The second kappa shape index (κ2) is 9.44. The Balaban J connectivity index is 1.31. The average Bonchev–Trinajstić information content (AvgIpc) is 3.33. The number of rotatable bonds is 5. The van der Waals surface area contributed by atoms with Crippen LogP contribution in [-0.4, -0.2) is 16.3 Å². The van der Waals surface area contributed by atoms with Crippen molar-refractivity contribution < 1.29 is 9.52 Å². The number of hydrogen-bond acceptors (Lipinski definition) is 4. The Labute approximate surface area is 216 Å². The number of aromatic hydroxyl groups is 1. The third-order valence-corrected chi connectivity index (χ3v) is 6.75. The first kappa shape index (κ1) is 22.3. The standard InChI is InChI=1S/C31H21BrN2O2/c32-27-17-21(15-20-7-2-1-3-8-20)16-23(30(27)35)19-33-24-13-14-29-28(18-24)34-31(36-29)26-12-6-10-22-9-4-5-11-25(22)26/h1-14,16-19,35H,15H2. The van der Waals surface area contributed by atoms with Gasteiger partial charge in [0.05, 0.1) is 10.2 Å². The lowest BCUT2D eigenvalue weighted by molar-refractivity contribution is 0.471. The molecule has 6 aromatic rings. The van der Waals surface area contributed by atoms with Crippen molar-refractivity contribution in [2.75, 3.05) is 0 Å². The van der Waals surface area contributed by atoms with E-state index in [-0.39, 0.29) is 5.75 Å². The fraction of sp³-hybridized carbons (Fsp3) is 0.0323. The summed E-state index contributed by atoms with van der Waals surface area (Å²) in [5.74, 6) is 0.745. The maximum atomic E-state index is 10.6. The first-order chi connectivity index (χ1) is 17.6. The summed E-state index contributed by atoms with van der Waals surface area (Å²) in [5.41, 5.74) is 6.05. The van der Waals surface area contributed by atoms with Gasteiger partial charge in [0.15, 0.2) is 5.58 Å². The zero-order valence-electron chi connectivity index (χ0n) is 19.2. The lowest BCUT2D eigenvalue weighted by Gasteiger charge is -2.07. The summed E-state index contributed by atoms with van der Waals surface area (Å²) in [6.45, 7) is 0. The number of phenols is 1. The lowest BCUT2D eigenvalue weighted by Crippen LogP contribution is -1.92. The first-order valence-corrected chi connectivity index (χ1v) is 12.4. The molecule has 0 saturated heterocycles. The number of hydrogen-bond donors (Lipinski definition) is 1. The fourth-order valence-electron chi connectivity index (χ4n) is 4.38. The SMILES string of the molecule is Oc1c(Br)cc(Cc2ccccc2)cc1C=Nc1ccc2oc(-c3cccc4ccccc34)nc2c1. The fourth-order valence-corrected chi connectivity index (χ4v) is 4.90. The van der Waals surface area contributed by atoms with Gasteiger partial charge in [-0.3, -0.25) is 4.99 Å². The van der Waals surface area contributed by atoms with Crippen LogP contribution in [0.3, 0.4) is 0 Å². The van der Waals surface area contributed by atoms with Crippen molar-refractivity contribution in [3.8, 4) is 17.2 Å². The van der Waals surface area contributed by atoms with Crippen LogP contribution >= 0.6 is 15.9 Å². The lowest BCUT2D eigenvalue weighted by atomic mass is 10.0. The van der Waals surface area contributed by atoms with Crippen molar-refractivity contribution in [2.24, 2.45) is 4.99 Å². The minimum atomic E-state index is 0.163. The molecule has 36 heavy (non-hydrogen) atoms. The van der Waals surface area contributed by atoms with Gasteiger partial charge < -0.3 is 9.52 Å². The maximum absolute atomic E-state index is 10.6. The molecule has 1 heterocycles. The highest BCUT2D eigenvalue weighted by atomic mass is 79.9. The van der Waals surface area contributed by atoms with Crippen LogP contribution in [0.4, 0.5) is 5.69 Å². The van der Waals surface area contributed by atoms with E-state index in [4.69, 9.17) is 9.40 Å². The number of halogens is 1. The van der Waals surface area contributed by atoms with E-state index in [0.29, 0.717) is 21.5 Å². The molecule has 0 aliphatic carbocycles. The molecule has 1 N–H and O–H groups in total. The van der Waals surface area contributed by atoms with Crippen LogP contribution in [0.15, 0.2) is 117 Å². The number of benzene rings is 5. The number of phenolic OH excluding ortho intramolecular Hbond substituents is 1. The number of aliphatic imine (C=N–C) groups is 1. The van der Waals surface area contributed by atoms with Crippen LogP contribution in [0.2, 0.25) is 0 Å². The van der Waals surface area contributed by atoms with E-state index >= 15 is 0 Å². The molecule has 174 valence electrons. The van der Waals surface area contributed by atoms with Gasteiger partial charge in [0.25, 0.3) is 0 Å². The second-order valence-corrected chi connectivity index (χ2v) is 9.49. The van der Waals surface area contributed by atoms with E-state index in [9.17, 15) is 5.11 Å². The van der Waals surface area contributed by atoms with Gasteiger partial charge in [0.2, 0.25) is 5.89 Å². The van der Waals surface area contributed by atoms with E-state index in [2.05, 4.69) is 51.3 Å². The van der Waals surface area contributed by atoms with Crippen molar-refractivity contribution in [1.82, 2.24) is 4.98 Å². The zero-order chi connectivity index (χ0) is 24.5. The molecule has 0 aliphatic heterocycles. The van der Waals surface area contributed by atoms with Gasteiger partial charge in [-0.25, -0.2) is 4.98 Å². The normalized spacial score (nSPS) is 11.6. The molecule has 0 atom stereocenters. The number of nitrogens with zero attached hydrogens (tertiary/aromatic N) is 2. The molecule has 1 aromatic heterocycles. The molecule has 0 unspecified atom stereocenters. The van der Waals surface area contributed by atoms with E-state index in [0.717, 1.165) is 39.5 Å². The van der Waals surface area contributed by atoms with E-state index in [1.165, 1.54) is 5.56 Å². The van der Waals surface area contributed by atoms with Gasteiger partial charge in [-0.1, -0.05) is 66.7 Å². The van der Waals surface area contributed by atoms with Crippen molar-refractivity contribution in [2.45, 2.75) is 6.42 Å². The Hall–Kier alpha value is -4.22. The quantitative estimate of drug-likeness (QED) is 0.226. The average molecular weight is 533 g/mol. The molecule has 0 aliphatic rings. The van der Waals surface area contributed by atoms with Gasteiger partial charge in [0, 0.05) is 17.3 Å². The molecule has 5 heteroatoms. The van der Waals surface area contributed by atoms with Crippen LogP contribution in [0.1, 0.15) is 16.7 Å². The Kier molecular flexibility index (Phi) is 5.84. The Morgan fingerprint density at radius 3 is 2.53 bits per heavy atom. The van der Waals surface area contributed by atoms with Crippen LogP contribution < -0.4 is 0 Å². The minimum absolute atomic E-state index is 0.163. The highest BCUT2D eigenvalue weighted by Gasteiger charge is 2.12. The van der Waals surface area contributed by atoms with Gasteiger partial charge in [-0.15, -0.1) is 0 Å². The van der Waals surface area contributed by atoms with Crippen molar-refractivity contribution in [1.29, 1.82) is 0 Å². The van der Waals surface area contributed by atoms with Gasteiger partial charge in [0.1, 0.15) is 11.3 Å². The molecule has 5 aromatic carbocycles. The van der Waals surface area contributed by atoms with Crippen LogP contribution in [0.5, 0.6) is 5.75 Å². The minimum Gasteiger partial charge on any atom is -0.506 e. The van der Waals surface area contributed by atoms with Crippen molar-refractivity contribution in [3.63, 3.8) is 0 Å². The summed E-state index contributed by atoms with van der Waals surface area (Å²) in [6.07, 6.45) is 2.45. The summed E-state index contributed by atoms with van der Waals surface area (Å²) >= 11 is 3.48. The summed E-state index contributed by atoms with van der Waals surface area (Å²) in [7, 11) is 0. The number of fused-ring (bicyclic) bond motifs is 2. The highest BCUT2D eigenvalue weighted by Crippen LogP contribution is 2.33. The monoisotopic (exact) mass is 532 g/mol. The number of aromatic nitrogens is 1. The topological polar surface area (TPSA) is 58.6 Å². The molecule has 0 amide bonds. The van der Waals surface area contributed by atoms with Crippen molar-refractivity contribution in [3.05, 3.63) is 124 Å². The molecule has 4 nitrogen and oxygen atoms in total. The maximum Gasteiger partial charge on any atom is 0.227 e. The highest BCUT2D eigenvalue weighted by molar-refractivity contribution is 9.10. The van der Waals surface area contributed by atoms with Gasteiger partial charge >= 0.3 is 0 Å². The molecular formula is C31H21BrN2O2. The summed E-state index contributed by atoms with van der Waals surface area (Å²) < 4.78 is 6.72. The second-order valence-electron chi connectivity index (χ2n) is 8.63. The Bertz CT molecular complexity index is 1730.